The van der Waals surface area contributed by atoms with Gasteiger partial charge in [-0.1, -0.05) is 36.4 Å². The second kappa shape index (κ2) is 10.7. The van der Waals surface area contributed by atoms with Crippen LogP contribution in [-0.4, -0.2) is 30.2 Å². The number of hydrogen-bond donors (Lipinski definition) is 3. The first-order valence-corrected chi connectivity index (χ1v) is 11.5. The summed E-state index contributed by atoms with van der Waals surface area (Å²) < 4.78 is 5.23. The Bertz CT molecular complexity index is 1390. The Morgan fingerprint density at radius 3 is 2.31 bits per heavy atom. The normalized spacial score (nSPS) is 12.5. The molecule has 3 N–H and O–H groups in total. The topological polar surface area (TPSA) is 109 Å². The van der Waals surface area contributed by atoms with E-state index in [1.165, 1.54) is 0 Å². The van der Waals surface area contributed by atoms with E-state index in [9.17, 15) is 14.4 Å². The lowest BCUT2D eigenvalue weighted by molar-refractivity contribution is -0.137. The zero-order valence-corrected chi connectivity index (χ0v) is 20.2. The fraction of sp³-hybridized carbons (Fsp3) is 0.143. The number of aliphatic imine (C=N–C) groups is 1. The highest BCUT2D eigenvalue weighted by atomic mass is 16.5. The Balaban J connectivity index is 1.65. The molecule has 8 nitrogen and oxygen atoms in total. The van der Waals surface area contributed by atoms with E-state index >= 15 is 0 Å². The lowest BCUT2D eigenvalue weighted by Gasteiger charge is -2.14. The van der Waals surface area contributed by atoms with E-state index in [0.717, 1.165) is 5.56 Å². The second-order valence-corrected chi connectivity index (χ2v) is 8.13. The predicted molar refractivity (Wildman–Crippen MR) is 140 cm³/mol. The van der Waals surface area contributed by atoms with E-state index in [1.807, 2.05) is 31.2 Å². The number of carbonyl (C=O) groups excluding carboxylic acids is 3. The average molecular weight is 483 g/mol. The minimum absolute atomic E-state index is 0.0730. The second-order valence-electron chi connectivity index (χ2n) is 8.13. The van der Waals surface area contributed by atoms with Crippen molar-refractivity contribution >= 4 is 40.7 Å². The number of nitrogens with one attached hydrogen (secondary N) is 3. The van der Waals surface area contributed by atoms with Crippen molar-refractivity contribution in [2.24, 2.45) is 4.99 Å². The van der Waals surface area contributed by atoms with Gasteiger partial charge in [0.15, 0.2) is 0 Å². The number of fused-ring (bicyclic) bond motifs is 1. The van der Waals surface area contributed by atoms with Crippen LogP contribution in [0.1, 0.15) is 40.1 Å². The molecule has 3 aromatic rings. The van der Waals surface area contributed by atoms with Gasteiger partial charge in [0, 0.05) is 22.5 Å². The van der Waals surface area contributed by atoms with Gasteiger partial charge in [0.25, 0.3) is 11.8 Å². The van der Waals surface area contributed by atoms with E-state index in [0.29, 0.717) is 28.3 Å². The van der Waals surface area contributed by atoms with Crippen molar-refractivity contribution in [1.29, 1.82) is 0 Å². The number of esters is 1. The molecule has 8 heteroatoms. The molecule has 0 spiro atoms. The van der Waals surface area contributed by atoms with Crippen LogP contribution >= 0.6 is 0 Å². The van der Waals surface area contributed by atoms with Crippen LogP contribution in [0, 0.1) is 6.92 Å². The third kappa shape index (κ3) is 5.33. The summed E-state index contributed by atoms with van der Waals surface area (Å²) in [6, 6.07) is 21.1. The highest BCUT2D eigenvalue weighted by molar-refractivity contribution is 6.25. The van der Waals surface area contributed by atoms with Crippen LogP contribution in [0.25, 0.3) is 0 Å². The van der Waals surface area contributed by atoms with E-state index in [2.05, 4.69) is 20.9 Å². The van der Waals surface area contributed by atoms with Gasteiger partial charge in [-0.15, -0.1) is 0 Å². The smallest absolute Gasteiger partial charge is 0.343 e. The minimum atomic E-state index is -0.603. The summed E-state index contributed by atoms with van der Waals surface area (Å²) in [6.07, 6.45) is 0. The lowest BCUT2D eigenvalue weighted by Crippen LogP contribution is -2.35. The van der Waals surface area contributed by atoms with Crippen molar-refractivity contribution in [1.82, 2.24) is 5.32 Å². The van der Waals surface area contributed by atoms with Gasteiger partial charge in [0.2, 0.25) is 0 Å². The first-order valence-electron chi connectivity index (χ1n) is 11.5. The third-order valence-corrected chi connectivity index (χ3v) is 5.57. The number of amidine groups is 1. The first kappa shape index (κ1) is 24.4. The molecule has 4 rings (SSSR count). The van der Waals surface area contributed by atoms with E-state index in [4.69, 9.17) is 4.74 Å². The standard InChI is InChI=1S/C28H26N4O4/c1-4-36-28(35)24-18(3)29-21-12-8-9-13-22(21)30-25(24)32-27(34)20-15-14-17(2)23(16-20)31-26(33)19-10-6-5-7-11-19/h5-16,29H,4H2,1-3H3,(H,31,33)(H,30,32,34). The predicted octanol–water partition coefficient (Wildman–Crippen LogP) is 4.97. The molecule has 1 aliphatic rings. The van der Waals surface area contributed by atoms with E-state index < -0.39 is 11.9 Å². The minimum Gasteiger partial charge on any atom is -0.462 e. The molecule has 0 unspecified atom stereocenters. The zero-order valence-electron chi connectivity index (χ0n) is 20.2. The SMILES string of the molecule is CCOC(=O)C1=C(C)Nc2ccccc2N=C1NC(=O)c1ccc(C)c(NC(=O)c2ccccc2)c1. The van der Waals surface area contributed by atoms with Gasteiger partial charge in [-0.3, -0.25) is 9.59 Å². The quantitative estimate of drug-likeness (QED) is 0.445. The average Bonchev–Trinajstić information content (AvgIpc) is 3.01. The maximum Gasteiger partial charge on any atom is 0.343 e. The van der Waals surface area contributed by atoms with Crippen molar-refractivity contribution in [3.8, 4) is 0 Å². The molecule has 0 radical (unpaired) electrons. The van der Waals surface area contributed by atoms with E-state index in [1.54, 1.807) is 62.4 Å². The molecule has 0 aliphatic carbocycles. The highest BCUT2D eigenvalue weighted by Crippen LogP contribution is 2.30. The molecule has 182 valence electrons. The van der Waals surface area contributed by atoms with Crippen LogP contribution in [0.15, 0.2) is 89.1 Å². The summed E-state index contributed by atoms with van der Waals surface area (Å²) in [5, 5.41) is 8.80. The number of hydrogen-bond acceptors (Lipinski definition) is 6. The Hall–Kier alpha value is -4.72. The molecular formula is C28H26N4O4. The molecule has 0 saturated carbocycles. The van der Waals surface area contributed by atoms with Gasteiger partial charge < -0.3 is 20.7 Å². The zero-order chi connectivity index (χ0) is 25.7. The molecule has 0 aromatic heterocycles. The Morgan fingerprint density at radius 1 is 0.861 bits per heavy atom. The fourth-order valence-electron chi connectivity index (χ4n) is 3.70. The number of rotatable bonds is 5. The van der Waals surface area contributed by atoms with E-state index in [-0.39, 0.29) is 29.5 Å². The molecule has 1 heterocycles. The molecule has 36 heavy (non-hydrogen) atoms. The molecule has 3 aromatic carbocycles. The number of amides is 2. The molecule has 0 fully saturated rings. The number of benzene rings is 3. The molecule has 2 amide bonds. The van der Waals surface area contributed by atoms with Crippen molar-refractivity contribution in [3.63, 3.8) is 0 Å². The maximum atomic E-state index is 13.3. The number of allylic oxidation sites excluding steroid dienone is 1. The van der Waals surface area contributed by atoms with Gasteiger partial charge in [-0.2, -0.15) is 0 Å². The number of anilines is 2. The summed E-state index contributed by atoms with van der Waals surface area (Å²) in [5.74, 6) is -1.30. The summed E-state index contributed by atoms with van der Waals surface area (Å²) in [5.41, 5.74) is 3.98. The van der Waals surface area contributed by atoms with Crippen LogP contribution in [0.5, 0.6) is 0 Å². The summed E-state index contributed by atoms with van der Waals surface area (Å²) in [6.45, 7) is 5.44. The fourth-order valence-corrected chi connectivity index (χ4v) is 3.70. The van der Waals surface area contributed by atoms with Crippen molar-refractivity contribution in [2.45, 2.75) is 20.8 Å². The number of nitrogens with zero attached hydrogens (tertiary/aromatic N) is 1. The molecule has 0 bridgehead atoms. The Morgan fingerprint density at radius 2 is 1.56 bits per heavy atom. The molecule has 0 saturated heterocycles. The molecule has 1 aliphatic heterocycles. The number of ether oxygens (including phenoxy) is 1. The van der Waals surface area contributed by atoms with Crippen LogP contribution in [0.3, 0.4) is 0 Å². The van der Waals surface area contributed by atoms with Crippen LogP contribution in [0.4, 0.5) is 17.1 Å². The Kier molecular flexibility index (Phi) is 7.25. The number of aryl methyl sites for hydroxylation is 1. The number of para-hydroxylation sites is 2. The summed E-state index contributed by atoms with van der Waals surface area (Å²) in [4.78, 5) is 43.3. The van der Waals surface area contributed by atoms with Crippen LogP contribution in [0.2, 0.25) is 0 Å². The molecular weight excluding hydrogens is 456 g/mol. The lowest BCUT2D eigenvalue weighted by atomic mass is 10.1. The van der Waals surface area contributed by atoms with Gasteiger partial charge in [0.1, 0.15) is 11.4 Å². The largest absolute Gasteiger partial charge is 0.462 e. The summed E-state index contributed by atoms with van der Waals surface area (Å²) in [7, 11) is 0. The molecule has 0 atom stereocenters. The van der Waals surface area contributed by atoms with Crippen LogP contribution < -0.4 is 16.0 Å². The van der Waals surface area contributed by atoms with Crippen LogP contribution in [-0.2, 0) is 9.53 Å². The maximum absolute atomic E-state index is 13.3. The van der Waals surface area contributed by atoms with Gasteiger partial charge in [0.05, 0.1) is 18.0 Å². The van der Waals surface area contributed by atoms with Crippen molar-refractivity contribution < 1.29 is 19.1 Å². The monoisotopic (exact) mass is 482 g/mol. The highest BCUT2D eigenvalue weighted by Gasteiger charge is 2.26. The third-order valence-electron chi connectivity index (χ3n) is 5.57. The summed E-state index contributed by atoms with van der Waals surface area (Å²) >= 11 is 0. The van der Waals surface area contributed by atoms with Gasteiger partial charge in [-0.05, 0) is 62.7 Å². The van der Waals surface area contributed by atoms with Gasteiger partial charge >= 0.3 is 5.97 Å². The first-order chi connectivity index (χ1) is 17.4. The van der Waals surface area contributed by atoms with Gasteiger partial charge in [-0.25, -0.2) is 9.79 Å². The Labute approximate surface area is 209 Å². The number of carbonyl (C=O) groups is 3. The van der Waals surface area contributed by atoms with Crippen molar-refractivity contribution in [2.75, 3.05) is 17.2 Å². The van der Waals surface area contributed by atoms with Crippen molar-refractivity contribution in [3.05, 3.63) is 101 Å².